The molecule has 2 atom stereocenters. The van der Waals surface area contributed by atoms with Crippen LogP contribution in [0.4, 0.5) is 0 Å². The number of nitrogens with one attached hydrogen (secondary N) is 1. The third-order valence-corrected chi connectivity index (χ3v) is 4.22. The molecule has 0 aromatic carbocycles. The first-order valence-electron chi connectivity index (χ1n) is 5.88. The van der Waals surface area contributed by atoms with Crippen molar-refractivity contribution in [3.63, 3.8) is 0 Å². The lowest BCUT2D eigenvalue weighted by molar-refractivity contribution is 0.0932. The Morgan fingerprint density at radius 2 is 2.47 bits per heavy atom. The van der Waals surface area contributed by atoms with Gasteiger partial charge < -0.3 is 15.8 Å². The second kappa shape index (κ2) is 5.51. The summed E-state index contributed by atoms with van der Waals surface area (Å²) in [7, 11) is 1.60. The monoisotopic (exact) mass is 254 g/mol. The number of thiophene rings is 1. The van der Waals surface area contributed by atoms with Crippen LogP contribution in [-0.4, -0.2) is 25.6 Å². The highest BCUT2D eigenvalue weighted by Crippen LogP contribution is 2.26. The number of ether oxygens (including phenoxy) is 1. The predicted molar refractivity (Wildman–Crippen MR) is 68.5 cm³/mol. The Balaban J connectivity index is 1.96. The number of amides is 1. The molecule has 0 aliphatic heterocycles. The minimum atomic E-state index is -0.0105. The van der Waals surface area contributed by atoms with Gasteiger partial charge in [-0.2, -0.15) is 0 Å². The highest BCUT2D eigenvalue weighted by molar-refractivity contribution is 7.12. The van der Waals surface area contributed by atoms with Crippen molar-refractivity contribution in [1.82, 2.24) is 5.32 Å². The van der Waals surface area contributed by atoms with Crippen LogP contribution in [-0.2, 0) is 0 Å². The maximum atomic E-state index is 12.0. The highest BCUT2D eigenvalue weighted by atomic mass is 32.1. The van der Waals surface area contributed by atoms with Gasteiger partial charge in [-0.3, -0.25) is 4.79 Å². The van der Waals surface area contributed by atoms with E-state index in [1.54, 1.807) is 13.2 Å². The van der Waals surface area contributed by atoms with Crippen LogP contribution in [0, 0.1) is 5.92 Å². The zero-order valence-corrected chi connectivity index (χ0v) is 10.8. The lowest BCUT2D eigenvalue weighted by Crippen LogP contribution is -2.39. The van der Waals surface area contributed by atoms with Crippen molar-refractivity contribution < 1.29 is 9.53 Å². The summed E-state index contributed by atoms with van der Waals surface area (Å²) in [4.78, 5) is 12.7. The molecule has 1 saturated carbocycles. The van der Waals surface area contributed by atoms with Gasteiger partial charge in [0.25, 0.3) is 5.91 Å². The molecule has 17 heavy (non-hydrogen) atoms. The van der Waals surface area contributed by atoms with E-state index >= 15 is 0 Å². The van der Waals surface area contributed by atoms with E-state index in [0.717, 1.165) is 25.0 Å². The molecule has 2 unspecified atom stereocenters. The van der Waals surface area contributed by atoms with Gasteiger partial charge in [-0.15, -0.1) is 11.3 Å². The SMILES string of the molecule is COc1csc(C(=O)NC2CCCC2CN)c1. The summed E-state index contributed by atoms with van der Waals surface area (Å²) in [6.45, 7) is 0.651. The molecular formula is C12H18N2O2S. The van der Waals surface area contributed by atoms with Gasteiger partial charge >= 0.3 is 0 Å². The van der Waals surface area contributed by atoms with E-state index in [4.69, 9.17) is 10.5 Å². The Morgan fingerprint density at radius 3 is 3.12 bits per heavy atom. The number of hydrogen-bond acceptors (Lipinski definition) is 4. The van der Waals surface area contributed by atoms with Crippen molar-refractivity contribution in [1.29, 1.82) is 0 Å². The van der Waals surface area contributed by atoms with E-state index in [0.29, 0.717) is 17.3 Å². The number of hydrogen-bond donors (Lipinski definition) is 2. The first kappa shape index (κ1) is 12.4. The van der Waals surface area contributed by atoms with Crippen molar-refractivity contribution in [2.24, 2.45) is 11.7 Å². The lowest BCUT2D eigenvalue weighted by Gasteiger charge is -2.18. The molecule has 2 rings (SSSR count). The van der Waals surface area contributed by atoms with Crippen molar-refractivity contribution >= 4 is 17.2 Å². The van der Waals surface area contributed by atoms with Gasteiger partial charge in [0, 0.05) is 17.5 Å². The van der Waals surface area contributed by atoms with Gasteiger partial charge in [-0.1, -0.05) is 6.42 Å². The van der Waals surface area contributed by atoms with Gasteiger partial charge in [0.1, 0.15) is 5.75 Å². The molecule has 0 bridgehead atoms. The van der Waals surface area contributed by atoms with Crippen LogP contribution < -0.4 is 15.8 Å². The standard InChI is InChI=1S/C12H18N2O2S/c1-16-9-5-11(17-7-9)12(15)14-10-4-2-3-8(10)6-13/h5,7-8,10H,2-4,6,13H2,1H3,(H,14,15). The predicted octanol–water partition coefficient (Wildman–Crippen LogP) is 1.61. The molecule has 0 radical (unpaired) electrons. The van der Waals surface area contributed by atoms with Crippen molar-refractivity contribution in [3.05, 3.63) is 16.3 Å². The van der Waals surface area contributed by atoms with Gasteiger partial charge in [0.05, 0.1) is 12.0 Å². The number of rotatable bonds is 4. The van der Waals surface area contributed by atoms with E-state index in [9.17, 15) is 4.79 Å². The number of methoxy groups -OCH3 is 1. The quantitative estimate of drug-likeness (QED) is 0.858. The molecular weight excluding hydrogens is 236 g/mol. The molecule has 0 saturated heterocycles. The minimum absolute atomic E-state index is 0.0105. The Bertz CT molecular complexity index is 392. The largest absolute Gasteiger partial charge is 0.496 e. The van der Waals surface area contributed by atoms with Crippen LogP contribution in [0.1, 0.15) is 28.9 Å². The number of carbonyl (C=O) groups excluding carboxylic acids is 1. The molecule has 1 heterocycles. The summed E-state index contributed by atoms with van der Waals surface area (Å²) in [5.41, 5.74) is 5.70. The van der Waals surface area contributed by atoms with Crippen LogP contribution in [0.3, 0.4) is 0 Å². The van der Waals surface area contributed by atoms with Gasteiger partial charge in [0.15, 0.2) is 0 Å². The van der Waals surface area contributed by atoms with Crippen LogP contribution in [0.5, 0.6) is 5.75 Å². The second-order valence-corrected chi connectivity index (χ2v) is 5.27. The van der Waals surface area contributed by atoms with E-state index in [1.165, 1.54) is 11.3 Å². The third kappa shape index (κ3) is 2.79. The maximum Gasteiger partial charge on any atom is 0.261 e. The van der Waals surface area contributed by atoms with Crippen LogP contribution in [0.2, 0.25) is 0 Å². The fourth-order valence-corrected chi connectivity index (χ4v) is 3.05. The van der Waals surface area contributed by atoms with Crippen molar-refractivity contribution in [2.75, 3.05) is 13.7 Å². The van der Waals surface area contributed by atoms with Gasteiger partial charge in [-0.05, 0) is 25.3 Å². The molecule has 1 aromatic rings. The Labute approximate surface area is 105 Å². The Kier molecular flexibility index (Phi) is 4.02. The third-order valence-electron chi connectivity index (χ3n) is 3.31. The second-order valence-electron chi connectivity index (χ2n) is 4.36. The van der Waals surface area contributed by atoms with E-state index in [2.05, 4.69) is 5.32 Å². The number of carbonyl (C=O) groups is 1. The van der Waals surface area contributed by atoms with E-state index < -0.39 is 0 Å². The summed E-state index contributed by atoms with van der Waals surface area (Å²) in [5.74, 6) is 1.16. The summed E-state index contributed by atoms with van der Waals surface area (Å²) >= 11 is 1.41. The molecule has 0 spiro atoms. The molecule has 3 N–H and O–H groups in total. The molecule has 1 aliphatic carbocycles. The molecule has 1 amide bonds. The normalized spacial score (nSPS) is 23.6. The fraction of sp³-hybridized carbons (Fsp3) is 0.583. The first-order valence-corrected chi connectivity index (χ1v) is 6.76. The molecule has 1 fully saturated rings. The van der Waals surface area contributed by atoms with Crippen LogP contribution in [0.25, 0.3) is 0 Å². The summed E-state index contributed by atoms with van der Waals surface area (Å²) in [6, 6.07) is 2.01. The smallest absolute Gasteiger partial charge is 0.261 e. The molecule has 4 nitrogen and oxygen atoms in total. The highest BCUT2D eigenvalue weighted by Gasteiger charge is 2.27. The molecule has 5 heteroatoms. The fourth-order valence-electron chi connectivity index (χ4n) is 2.29. The first-order chi connectivity index (χ1) is 8.24. The molecule has 1 aromatic heterocycles. The topological polar surface area (TPSA) is 64.3 Å². The van der Waals surface area contributed by atoms with Gasteiger partial charge in [0.2, 0.25) is 0 Å². The Morgan fingerprint density at radius 1 is 1.65 bits per heavy atom. The Hall–Kier alpha value is -1.07. The minimum Gasteiger partial charge on any atom is -0.496 e. The van der Waals surface area contributed by atoms with Crippen molar-refractivity contribution in [2.45, 2.75) is 25.3 Å². The lowest BCUT2D eigenvalue weighted by atomic mass is 10.0. The summed E-state index contributed by atoms with van der Waals surface area (Å²) in [5, 5.41) is 4.91. The van der Waals surface area contributed by atoms with Crippen LogP contribution >= 0.6 is 11.3 Å². The molecule has 1 aliphatic rings. The average molecular weight is 254 g/mol. The summed E-state index contributed by atoms with van der Waals surface area (Å²) in [6.07, 6.45) is 3.31. The van der Waals surface area contributed by atoms with E-state index in [-0.39, 0.29) is 11.9 Å². The molecule has 94 valence electrons. The van der Waals surface area contributed by atoms with E-state index in [1.807, 2.05) is 5.38 Å². The van der Waals surface area contributed by atoms with Crippen LogP contribution in [0.15, 0.2) is 11.4 Å². The zero-order valence-electron chi connectivity index (χ0n) is 9.94. The summed E-state index contributed by atoms with van der Waals surface area (Å²) < 4.78 is 5.07. The number of nitrogens with two attached hydrogens (primary N) is 1. The zero-order chi connectivity index (χ0) is 12.3. The maximum absolute atomic E-state index is 12.0. The average Bonchev–Trinajstić information content (AvgIpc) is 2.96. The van der Waals surface area contributed by atoms with Crippen molar-refractivity contribution in [3.8, 4) is 5.75 Å². The van der Waals surface area contributed by atoms with Gasteiger partial charge in [-0.25, -0.2) is 0 Å².